The lowest BCUT2D eigenvalue weighted by Crippen LogP contribution is -2.55. The molecule has 0 bridgehead atoms. The van der Waals surface area contributed by atoms with Gasteiger partial charge in [-0.1, -0.05) is 0 Å². The standard InChI is InChI=1S/C4H9NO/c1-3-4(6)2-5-3/h3-6H,2H2,1H3/t3-,4?/m0/s1. The molecule has 0 aliphatic carbocycles. The zero-order valence-electron chi connectivity index (χ0n) is 3.81. The molecule has 0 saturated carbocycles. The summed E-state index contributed by atoms with van der Waals surface area (Å²) in [6.07, 6.45) is -0.0787. The summed E-state index contributed by atoms with van der Waals surface area (Å²) in [7, 11) is 0. The van der Waals surface area contributed by atoms with Crippen molar-refractivity contribution in [1.29, 1.82) is 0 Å². The van der Waals surface area contributed by atoms with Gasteiger partial charge in [0.2, 0.25) is 0 Å². The molecule has 2 heteroatoms. The highest BCUT2D eigenvalue weighted by atomic mass is 16.3. The Bertz CT molecular complexity index is 47.5. The quantitative estimate of drug-likeness (QED) is 0.411. The van der Waals surface area contributed by atoms with Crippen molar-refractivity contribution < 1.29 is 5.11 Å². The second-order valence-corrected chi connectivity index (χ2v) is 1.76. The summed E-state index contributed by atoms with van der Waals surface area (Å²) in [5.41, 5.74) is 0. The molecule has 0 aromatic heterocycles. The molecule has 0 aromatic rings. The molecule has 0 spiro atoms. The lowest BCUT2D eigenvalue weighted by atomic mass is 10.1. The second-order valence-electron chi connectivity index (χ2n) is 1.76. The molecule has 0 amide bonds. The molecule has 6 heavy (non-hydrogen) atoms. The highest BCUT2D eigenvalue weighted by Crippen LogP contribution is 1.99. The van der Waals surface area contributed by atoms with Crippen molar-refractivity contribution >= 4 is 0 Å². The lowest BCUT2D eigenvalue weighted by Gasteiger charge is -2.30. The fourth-order valence-electron chi connectivity index (χ4n) is 0.459. The molecule has 1 aliphatic heterocycles. The average Bonchev–Trinajstić information content (AvgIpc) is 1.61. The SMILES string of the molecule is C[C@@H]1NCC1O. The number of hydrogen-bond donors (Lipinski definition) is 2. The Balaban J connectivity index is 2.20. The highest BCUT2D eigenvalue weighted by molar-refractivity contribution is 4.82. The fourth-order valence-corrected chi connectivity index (χ4v) is 0.459. The summed E-state index contributed by atoms with van der Waals surface area (Å²) in [6, 6.07) is 0.338. The Morgan fingerprint density at radius 1 is 1.83 bits per heavy atom. The molecule has 1 saturated heterocycles. The van der Waals surface area contributed by atoms with Crippen molar-refractivity contribution in [2.75, 3.05) is 6.54 Å². The lowest BCUT2D eigenvalue weighted by molar-refractivity contribution is 0.0704. The Kier molecular flexibility index (Phi) is 0.821. The number of nitrogens with one attached hydrogen (secondary N) is 1. The zero-order chi connectivity index (χ0) is 4.57. The van der Waals surface area contributed by atoms with Crippen LogP contribution in [0, 0.1) is 0 Å². The van der Waals surface area contributed by atoms with E-state index in [1.807, 2.05) is 6.92 Å². The van der Waals surface area contributed by atoms with Crippen molar-refractivity contribution in [2.24, 2.45) is 0 Å². The number of aliphatic hydroxyl groups excluding tert-OH is 1. The molecule has 1 rings (SSSR count). The van der Waals surface area contributed by atoms with Gasteiger partial charge in [-0.15, -0.1) is 0 Å². The Morgan fingerprint density at radius 3 is 2.33 bits per heavy atom. The van der Waals surface area contributed by atoms with Gasteiger partial charge < -0.3 is 10.4 Å². The van der Waals surface area contributed by atoms with Crippen LogP contribution in [0.1, 0.15) is 6.92 Å². The monoisotopic (exact) mass is 87.1 g/mol. The van der Waals surface area contributed by atoms with E-state index in [-0.39, 0.29) is 6.10 Å². The van der Waals surface area contributed by atoms with Crippen molar-refractivity contribution in [3.63, 3.8) is 0 Å². The van der Waals surface area contributed by atoms with E-state index in [1.165, 1.54) is 0 Å². The van der Waals surface area contributed by atoms with Crippen molar-refractivity contribution in [1.82, 2.24) is 5.32 Å². The third-order valence-corrected chi connectivity index (χ3v) is 1.23. The van der Waals surface area contributed by atoms with E-state index in [1.54, 1.807) is 0 Å². The van der Waals surface area contributed by atoms with E-state index >= 15 is 0 Å². The van der Waals surface area contributed by atoms with Gasteiger partial charge in [0.05, 0.1) is 6.10 Å². The van der Waals surface area contributed by atoms with Gasteiger partial charge in [0.15, 0.2) is 0 Å². The molecule has 36 valence electrons. The maximum absolute atomic E-state index is 8.65. The summed E-state index contributed by atoms with van der Waals surface area (Å²) in [6.45, 7) is 2.75. The van der Waals surface area contributed by atoms with Gasteiger partial charge in [0.25, 0.3) is 0 Å². The fraction of sp³-hybridized carbons (Fsp3) is 1.00. The minimum Gasteiger partial charge on any atom is -0.390 e. The van der Waals surface area contributed by atoms with Gasteiger partial charge in [-0.3, -0.25) is 0 Å². The number of β-amino-alcohol motifs (C(OH)–C–C–N with tert-alkyl or cyclic N) is 1. The van der Waals surface area contributed by atoms with Gasteiger partial charge >= 0.3 is 0 Å². The Hall–Kier alpha value is -0.0800. The first-order valence-electron chi connectivity index (χ1n) is 2.22. The third kappa shape index (κ3) is 0.420. The second kappa shape index (κ2) is 1.21. The predicted molar refractivity (Wildman–Crippen MR) is 23.5 cm³/mol. The Morgan fingerprint density at radius 2 is 2.33 bits per heavy atom. The van der Waals surface area contributed by atoms with Crippen molar-refractivity contribution in [3.8, 4) is 0 Å². The van der Waals surface area contributed by atoms with E-state index in [4.69, 9.17) is 5.11 Å². The average molecular weight is 87.1 g/mol. The van der Waals surface area contributed by atoms with Crippen LogP contribution >= 0.6 is 0 Å². The summed E-state index contributed by atoms with van der Waals surface area (Å²) in [5, 5.41) is 11.7. The highest BCUT2D eigenvalue weighted by Gasteiger charge is 2.21. The summed E-state index contributed by atoms with van der Waals surface area (Å²) >= 11 is 0. The van der Waals surface area contributed by atoms with E-state index in [0.29, 0.717) is 6.04 Å². The molecule has 1 heterocycles. The van der Waals surface area contributed by atoms with Crippen LogP contribution in [0.3, 0.4) is 0 Å². The summed E-state index contributed by atoms with van der Waals surface area (Å²) in [5.74, 6) is 0. The molecule has 2 atom stereocenters. The van der Waals surface area contributed by atoms with Crippen LogP contribution in [-0.4, -0.2) is 23.8 Å². The first-order chi connectivity index (χ1) is 2.80. The van der Waals surface area contributed by atoms with Crippen LogP contribution in [0.2, 0.25) is 0 Å². The van der Waals surface area contributed by atoms with Crippen LogP contribution in [-0.2, 0) is 0 Å². The third-order valence-electron chi connectivity index (χ3n) is 1.23. The molecule has 0 aromatic carbocycles. The maximum Gasteiger partial charge on any atom is 0.0814 e. The zero-order valence-corrected chi connectivity index (χ0v) is 3.81. The number of aliphatic hydroxyl groups is 1. The first kappa shape index (κ1) is 4.09. The number of rotatable bonds is 0. The molecule has 0 radical (unpaired) electrons. The first-order valence-corrected chi connectivity index (χ1v) is 2.22. The molecular formula is C4H9NO. The van der Waals surface area contributed by atoms with Crippen LogP contribution in [0.4, 0.5) is 0 Å². The van der Waals surface area contributed by atoms with Crippen LogP contribution in [0.25, 0.3) is 0 Å². The van der Waals surface area contributed by atoms with E-state index in [0.717, 1.165) is 6.54 Å². The van der Waals surface area contributed by atoms with Gasteiger partial charge in [0, 0.05) is 12.6 Å². The van der Waals surface area contributed by atoms with E-state index in [9.17, 15) is 0 Å². The summed E-state index contributed by atoms with van der Waals surface area (Å²) < 4.78 is 0. The van der Waals surface area contributed by atoms with Crippen molar-refractivity contribution in [3.05, 3.63) is 0 Å². The smallest absolute Gasteiger partial charge is 0.0814 e. The van der Waals surface area contributed by atoms with E-state index < -0.39 is 0 Å². The normalized spacial score (nSPS) is 45.0. The largest absolute Gasteiger partial charge is 0.390 e. The van der Waals surface area contributed by atoms with Crippen molar-refractivity contribution in [2.45, 2.75) is 19.1 Å². The molecule has 1 aliphatic rings. The number of hydrogen-bond acceptors (Lipinski definition) is 2. The summed E-state index contributed by atoms with van der Waals surface area (Å²) in [4.78, 5) is 0. The molecule has 2 nitrogen and oxygen atoms in total. The minimum atomic E-state index is -0.0787. The van der Waals surface area contributed by atoms with Gasteiger partial charge in [-0.2, -0.15) is 0 Å². The molecule has 1 fully saturated rings. The predicted octanol–water partition coefficient (Wildman–Crippen LogP) is -0.661. The van der Waals surface area contributed by atoms with Crippen LogP contribution < -0.4 is 5.32 Å². The topological polar surface area (TPSA) is 32.3 Å². The van der Waals surface area contributed by atoms with Crippen LogP contribution in [0.15, 0.2) is 0 Å². The van der Waals surface area contributed by atoms with Gasteiger partial charge in [-0.25, -0.2) is 0 Å². The van der Waals surface area contributed by atoms with Crippen LogP contribution in [0.5, 0.6) is 0 Å². The minimum absolute atomic E-state index is 0.0787. The molecule has 2 N–H and O–H groups in total. The van der Waals surface area contributed by atoms with Gasteiger partial charge in [0.1, 0.15) is 0 Å². The van der Waals surface area contributed by atoms with E-state index in [2.05, 4.69) is 5.32 Å². The maximum atomic E-state index is 8.65. The Labute approximate surface area is 37.2 Å². The molecular weight excluding hydrogens is 78.0 g/mol. The van der Waals surface area contributed by atoms with Gasteiger partial charge in [-0.05, 0) is 6.92 Å². The molecule has 1 unspecified atom stereocenters.